The summed E-state index contributed by atoms with van der Waals surface area (Å²) < 4.78 is 5.69. The molecule has 102 valence electrons. The van der Waals surface area contributed by atoms with Crippen LogP contribution >= 0.6 is 0 Å². The molecule has 0 atom stereocenters. The monoisotopic (exact) mass is 325 g/mol. The van der Waals surface area contributed by atoms with E-state index >= 15 is 0 Å². The summed E-state index contributed by atoms with van der Waals surface area (Å²) >= 11 is 0. The highest BCUT2D eigenvalue weighted by Crippen LogP contribution is 2.22. The van der Waals surface area contributed by atoms with Crippen molar-refractivity contribution in [2.45, 2.75) is 0 Å². The maximum Gasteiger partial charge on any atom is 0.316 e. The van der Waals surface area contributed by atoms with Gasteiger partial charge in [0.1, 0.15) is 0 Å². The Balaban J connectivity index is 0.00000133. The van der Waals surface area contributed by atoms with Crippen LogP contribution in [0.3, 0.4) is 0 Å². The molecule has 0 aromatic carbocycles. The molecule has 0 bridgehead atoms. The van der Waals surface area contributed by atoms with Crippen LogP contribution < -0.4 is 26.4 Å². The predicted octanol–water partition coefficient (Wildman–Crippen LogP) is -3.25. The first-order valence-electron chi connectivity index (χ1n) is 5.72. The lowest BCUT2D eigenvalue weighted by atomic mass is 10.4. The van der Waals surface area contributed by atoms with Gasteiger partial charge in [0.15, 0.2) is 16.9 Å². The average molecular weight is 326 g/mol. The third-order valence-corrected chi connectivity index (χ3v) is 3.15. The van der Waals surface area contributed by atoms with Gasteiger partial charge >= 0.3 is 5.65 Å². The molecule has 0 saturated heterocycles. The van der Waals surface area contributed by atoms with Crippen molar-refractivity contribution >= 4 is 28.1 Å². The van der Waals surface area contributed by atoms with Gasteiger partial charge in [-0.05, 0) is 5.10 Å². The number of anilines is 1. The molecule has 3 heterocycles. The predicted molar refractivity (Wildman–Crippen MR) is 68.3 cm³/mol. The lowest BCUT2D eigenvalue weighted by Crippen LogP contribution is -3.00. The average Bonchev–Trinajstić information content (AvgIpc) is 2.80. The number of rotatable bonds is 1. The zero-order valence-electron chi connectivity index (χ0n) is 11.6. The standard InChI is InChI=1S/C11H16N7.BrH/c1-15(2)11-8-9(14-18(11)5)16(3)10-7(13-8)6-12-17(10)4;/h6H,1-5H3;1H/q+1;/p-1. The van der Waals surface area contributed by atoms with Crippen molar-refractivity contribution < 1.29 is 21.5 Å². The third kappa shape index (κ3) is 1.78. The third-order valence-electron chi connectivity index (χ3n) is 3.15. The van der Waals surface area contributed by atoms with Crippen LogP contribution in [0.4, 0.5) is 5.82 Å². The van der Waals surface area contributed by atoms with Gasteiger partial charge in [0.25, 0.3) is 5.65 Å². The molecular formula is C11H16BrN7. The van der Waals surface area contributed by atoms with Gasteiger partial charge in [-0.25, -0.2) is 9.55 Å². The van der Waals surface area contributed by atoms with Crippen molar-refractivity contribution in [1.82, 2.24) is 24.5 Å². The van der Waals surface area contributed by atoms with Crippen LogP contribution in [0, 0.1) is 0 Å². The van der Waals surface area contributed by atoms with Crippen LogP contribution in [0.1, 0.15) is 0 Å². The van der Waals surface area contributed by atoms with E-state index in [-0.39, 0.29) is 17.0 Å². The second kappa shape index (κ2) is 4.44. The van der Waals surface area contributed by atoms with E-state index in [1.165, 1.54) is 0 Å². The lowest BCUT2D eigenvalue weighted by molar-refractivity contribution is -0.623. The van der Waals surface area contributed by atoms with Gasteiger partial charge in [-0.1, -0.05) is 0 Å². The molecule has 0 fully saturated rings. The Bertz CT molecular complexity index is 755. The highest BCUT2D eigenvalue weighted by atomic mass is 79.9. The summed E-state index contributed by atoms with van der Waals surface area (Å²) in [5.41, 5.74) is 3.59. The van der Waals surface area contributed by atoms with Crippen molar-refractivity contribution in [3.8, 4) is 0 Å². The molecule has 0 amide bonds. The van der Waals surface area contributed by atoms with Crippen molar-refractivity contribution in [3.05, 3.63) is 6.20 Å². The molecular weight excluding hydrogens is 310 g/mol. The zero-order chi connectivity index (χ0) is 13.0. The van der Waals surface area contributed by atoms with Gasteiger partial charge in [-0.15, -0.1) is 5.10 Å². The lowest BCUT2D eigenvalue weighted by Gasteiger charge is -2.10. The number of aryl methyl sites for hydroxylation is 3. The maximum absolute atomic E-state index is 4.67. The fourth-order valence-corrected chi connectivity index (χ4v) is 2.43. The van der Waals surface area contributed by atoms with E-state index in [0.717, 1.165) is 28.1 Å². The van der Waals surface area contributed by atoms with E-state index in [2.05, 4.69) is 15.2 Å². The summed E-state index contributed by atoms with van der Waals surface area (Å²) in [6.07, 6.45) is 1.78. The quantitative estimate of drug-likeness (QED) is 0.441. The summed E-state index contributed by atoms with van der Waals surface area (Å²) in [5, 5.41) is 8.78. The first-order chi connectivity index (χ1) is 8.50. The topological polar surface area (TPSA) is 55.7 Å². The van der Waals surface area contributed by atoms with E-state index in [0.29, 0.717) is 0 Å². The summed E-state index contributed by atoms with van der Waals surface area (Å²) in [6.45, 7) is 0. The van der Waals surface area contributed by atoms with Gasteiger partial charge < -0.3 is 21.9 Å². The summed E-state index contributed by atoms with van der Waals surface area (Å²) in [4.78, 5) is 6.69. The second-order valence-corrected chi connectivity index (χ2v) is 4.66. The summed E-state index contributed by atoms with van der Waals surface area (Å²) in [5.74, 6) is 0.992. The molecule has 8 heteroatoms. The SMILES string of the molecule is CN(C)c1c2nc3cnn(C)c3[n+](C)c2nn1C.[Br-]. The van der Waals surface area contributed by atoms with E-state index in [1.807, 2.05) is 54.1 Å². The Labute approximate surface area is 121 Å². The molecule has 7 nitrogen and oxygen atoms in total. The van der Waals surface area contributed by atoms with Crippen LogP contribution in [0.5, 0.6) is 0 Å². The zero-order valence-corrected chi connectivity index (χ0v) is 13.2. The Morgan fingerprint density at radius 3 is 2.53 bits per heavy atom. The van der Waals surface area contributed by atoms with Gasteiger partial charge in [0, 0.05) is 21.1 Å². The van der Waals surface area contributed by atoms with Crippen molar-refractivity contribution in [2.75, 3.05) is 19.0 Å². The number of fused-ring (bicyclic) bond motifs is 2. The Kier molecular flexibility index (Phi) is 3.21. The number of halogens is 1. The minimum Gasteiger partial charge on any atom is -1.00 e. The van der Waals surface area contributed by atoms with Crippen LogP contribution in [0.25, 0.3) is 22.3 Å². The largest absolute Gasteiger partial charge is 1.00 e. The molecule has 0 N–H and O–H groups in total. The van der Waals surface area contributed by atoms with E-state index in [9.17, 15) is 0 Å². The van der Waals surface area contributed by atoms with Gasteiger partial charge in [-0.2, -0.15) is 9.36 Å². The molecule has 0 radical (unpaired) electrons. The highest BCUT2D eigenvalue weighted by molar-refractivity contribution is 5.86. The summed E-state index contributed by atoms with van der Waals surface area (Å²) in [7, 11) is 9.81. The Morgan fingerprint density at radius 2 is 1.89 bits per heavy atom. The van der Waals surface area contributed by atoms with Crippen molar-refractivity contribution in [1.29, 1.82) is 0 Å². The van der Waals surface area contributed by atoms with Crippen molar-refractivity contribution in [2.24, 2.45) is 21.1 Å². The second-order valence-electron chi connectivity index (χ2n) is 4.66. The molecule has 3 aromatic rings. The number of hydrogen-bond acceptors (Lipinski definition) is 4. The Morgan fingerprint density at radius 1 is 1.21 bits per heavy atom. The molecule has 3 aromatic heterocycles. The molecule has 19 heavy (non-hydrogen) atoms. The van der Waals surface area contributed by atoms with Crippen LogP contribution in [-0.4, -0.2) is 38.6 Å². The normalized spacial score (nSPS) is 11.0. The minimum absolute atomic E-state index is 0. The first kappa shape index (κ1) is 13.7. The first-order valence-corrected chi connectivity index (χ1v) is 5.72. The van der Waals surface area contributed by atoms with E-state index in [4.69, 9.17) is 0 Å². The molecule has 0 aliphatic carbocycles. The van der Waals surface area contributed by atoms with Gasteiger partial charge in [-0.3, -0.25) is 0 Å². The number of aromatic nitrogens is 6. The summed E-state index contributed by atoms with van der Waals surface area (Å²) in [6, 6.07) is 0. The molecule has 0 saturated carbocycles. The molecule has 0 unspecified atom stereocenters. The fourth-order valence-electron chi connectivity index (χ4n) is 2.43. The number of nitrogens with zero attached hydrogens (tertiary/aromatic N) is 7. The highest BCUT2D eigenvalue weighted by Gasteiger charge is 2.23. The molecule has 0 aliphatic heterocycles. The van der Waals surface area contributed by atoms with Crippen molar-refractivity contribution in [3.63, 3.8) is 0 Å². The van der Waals surface area contributed by atoms with E-state index < -0.39 is 0 Å². The van der Waals surface area contributed by atoms with E-state index in [1.54, 1.807) is 6.20 Å². The van der Waals surface area contributed by atoms with Gasteiger partial charge in [0.05, 0.1) is 20.3 Å². The number of hydrogen-bond donors (Lipinski definition) is 0. The van der Waals surface area contributed by atoms with Crippen LogP contribution in [0.2, 0.25) is 0 Å². The fraction of sp³-hybridized carbons (Fsp3) is 0.455. The van der Waals surface area contributed by atoms with Crippen LogP contribution in [0.15, 0.2) is 6.20 Å². The Hall–Kier alpha value is -1.70. The maximum atomic E-state index is 4.67. The smallest absolute Gasteiger partial charge is 0.316 e. The minimum atomic E-state index is 0. The molecule has 3 rings (SSSR count). The van der Waals surface area contributed by atoms with Gasteiger partial charge in [0.2, 0.25) is 0 Å². The molecule has 0 aliphatic rings. The molecule has 0 spiro atoms. The van der Waals surface area contributed by atoms with Crippen LogP contribution in [-0.2, 0) is 21.1 Å².